The van der Waals surface area contributed by atoms with Gasteiger partial charge in [-0.05, 0) is 37.0 Å². The summed E-state index contributed by atoms with van der Waals surface area (Å²) in [5.74, 6) is 1.21. The average Bonchev–Trinajstić information content (AvgIpc) is 2.21. The van der Waals surface area contributed by atoms with Crippen LogP contribution in [0.25, 0.3) is 0 Å². The molecule has 1 aromatic rings. The average molecular weight is 264 g/mol. The Morgan fingerprint density at radius 1 is 1.20 bits per heavy atom. The summed E-state index contributed by atoms with van der Waals surface area (Å²) in [7, 11) is 0. The maximum atomic E-state index is 6.02. The van der Waals surface area contributed by atoms with Gasteiger partial charge in [-0.15, -0.1) is 0 Å². The minimum absolute atomic E-state index is 0.687. The van der Waals surface area contributed by atoms with Crippen LogP contribution in [0.2, 0.25) is 10.0 Å². The Balaban J connectivity index is 2.37. The molecule has 0 atom stereocenters. The first-order chi connectivity index (χ1) is 7.25. The van der Waals surface area contributed by atoms with Crippen molar-refractivity contribution in [1.82, 2.24) is 0 Å². The normalized spacial score (nSPS) is 10.3. The predicted molar refractivity (Wildman–Crippen MR) is 72.6 cm³/mol. The number of nitrogens with one attached hydrogen (secondary N) is 1. The summed E-state index contributed by atoms with van der Waals surface area (Å²) in [5, 5.41) is 4.64. The third-order valence-corrected chi connectivity index (χ3v) is 3.37. The Morgan fingerprint density at radius 2 is 1.87 bits per heavy atom. The number of para-hydroxylation sites is 1. The summed E-state index contributed by atoms with van der Waals surface area (Å²) in [4.78, 5) is 0. The van der Waals surface area contributed by atoms with Gasteiger partial charge in [0.1, 0.15) is 0 Å². The van der Waals surface area contributed by atoms with E-state index < -0.39 is 0 Å². The molecule has 0 saturated carbocycles. The summed E-state index contributed by atoms with van der Waals surface area (Å²) in [6.07, 6.45) is 4.48. The number of unbranched alkanes of at least 4 members (excludes halogenated alkanes) is 1. The largest absolute Gasteiger partial charge is 0.383 e. The molecule has 0 amide bonds. The van der Waals surface area contributed by atoms with Crippen LogP contribution in [0, 0.1) is 0 Å². The lowest BCUT2D eigenvalue weighted by Gasteiger charge is -2.09. The van der Waals surface area contributed by atoms with Gasteiger partial charge >= 0.3 is 0 Å². The first kappa shape index (κ1) is 13.0. The van der Waals surface area contributed by atoms with Gasteiger partial charge in [0.25, 0.3) is 0 Å². The second kappa shape index (κ2) is 7.26. The summed E-state index contributed by atoms with van der Waals surface area (Å²) in [6, 6.07) is 5.54. The number of hydrogen-bond acceptors (Lipinski definition) is 2. The molecule has 0 unspecified atom stereocenters. The van der Waals surface area contributed by atoms with Crippen LogP contribution in [0.3, 0.4) is 0 Å². The second-order valence-corrected chi connectivity index (χ2v) is 5.02. The van der Waals surface area contributed by atoms with Gasteiger partial charge in [-0.3, -0.25) is 0 Å². The van der Waals surface area contributed by atoms with Crippen molar-refractivity contribution in [1.29, 1.82) is 0 Å². The molecule has 1 rings (SSSR count). The van der Waals surface area contributed by atoms with E-state index in [1.807, 2.05) is 30.0 Å². The van der Waals surface area contributed by atoms with Crippen molar-refractivity contribution in [2.24, 2.45) is 0 Å². The van der Waals surface area contributed by atoms with Crippen molar-refractivity contribution in [3.05, 3.63) is 28.2 Å². The Labute approximate surface area is 106 Å². The molecule has 1 nitrogen and oxygen atoms in total. The van der Waals surface area contributed by atoms with Crippen LogP contribution in [-0.4, -0.2) is 18.6 Å². The molecule has 0 spiro atoms. The Hall–Kier alpha value is -0.0500. The van der Waals surface area contributed by atoms with Crippen LogP contribution in [0.15, 0.2) is 18.2 Å². The highest BCUT2D eigenvalue weighted by molar-refractivity contribution is 7.98. The highest BCUT2D eigenvalue weighted by Crippen LogP contribution is 2.29. The van der Waals surface area contributed by atoms with Gasteiger partial charge in [0.15, 0.2) is 0 Å². The molecule has 1 aromatic carbocycles. The van der Waals surface area contributed by atoms with Gasteiger partial charge in [-0.1, -0.05) is 29.3 Å². The first-order valence-corrected chi connectivity index (χ1v) is 7.07. The number of anilines is 1. The lowest BCUT2D eigenvalue weighted by atomic mass is 10.3. The van der Waals surface area contributed by atoms with Gasteiger partial charge in [-0.25, -0.2) is 0 Å². The highest BCUT2D eigenvalue weighted by atomic mass is 35.5. The van der Waals surface area contributed by atoms with Crippen molar-refractivity contribution in [2.75, 3.05) is 23.9 Å². The monoisotopic (exact) mass is 263 g/mol. The minimum atomic E-state index is 0.687. The van der Waals surface area contributed by atoms with Gasteiger partial charge < -0.3 is 5.32 Å². The number of hydrogen-bond donors (Lipinski definition) is 1. The molecular weight excluding hydrogens is 249 g/mol. The smallest absolute Gasteiger partial charge is 0.0718 e. The van der Waals surface area contributed by atoms with E-state index in [0.717, 1.165) is 18.7 Å². The fraction of sp³-hybridized carbons (Fsp3) is 0.455. The van der Waals surface area contributed by atoms with Crippen LogP contribution in [0.5, 0.6) is 0 Å². The molecule has 0 radical (unpaired) electrons. The quantitative estimate of drug-likeness (QED) is 0.756. The van der Waals surface area contributed by atoms with Crippen LogP contribution < -0.4 is 5.32 Å². The van der Waals surface area contributed by atoms with Crippen molar-refractivity contribution in [3.63, 3.8) is 0 Å². The van der Waals surface area contributed by atoms with Gasteiger partial charge in [0.05, 0.1) is 15.7 Å². The van der Waals surface area contributed by atoms with E-state index in [1.54, 1.807) is 0 Å². The van der Waals surface area contributed by atoms with E-state index in [4.69, 9.17) is 23.2 Å². The second-order valence-electron chi connectivity index (χ2n) is 3.22. The first-order valence-electron chi connectivity index (χ1n) is 4.92. The maximum absolute atomic E-state index is 6.02. The van der Waals surface area contributed by atoms with Crippen LogP contribution >= 0.6 is 35.0 Å². The molecule has 84 valence electrons. The number of benzene rings is 1. The van der Waals surface area contributed by atoms with Crippen molar-refractivity contribution < 1.29 is 0 Å². The molecule has 1 N–H and O–H groups in total. The molecule has 0 bridgehead atoms. The molecule has 15 heavy (non-hydrogen) atoms. The van der Waals surface area contributed by atoms with E-state index in [1.165, 1.54) is 12.2 Å². The summed E-state index contributed by atoms with van der Waals surface area (Å²) < 4.78 is 0. The zero-order chi connectivity index (χ0) is 11.1. The van der Waals surface area contributed by atoms with E-state index in [0.29, 0.717) is 10.0 Å². The Morgan fingerprint density at radius 3 is 2.47 bits per heavy atom. The molecule has 0 aliphatic rings. The topological polar surface area (TPSA) is 12.0 Å². The van der Waals surface area contributed by atoms with E-state index >= 15 is 0 Å². The molecule has 0 fully saturated rings. The van der Waals surface area contributed by atoms with Crippen LogP contribution in [0.1, 0.15) is 12.8 Å². The SMILES string of the molecule is CSCCCCNc1c(Cl)cccc1Cl. The molecule has 0 aliphatic carbocycles. The minimum Gasteiger partial charge on any atom is -0.383 e. The molecule has 0 aromatic heterocycles. The van der Waals surface area contributed by atoms with Crippen molar-refractivity contribution >= 4 is 40.7 Å². The Bertz CT molecular complexity index is 284. The summed E-state index contributed by atoms with van der Waals surface area (Å²) in [6.45, 7) is 0.921. The number of halogens is 2. The van der Waals surface area contributed by atoms with Crippen molar-refractivity contribution in [3.8, 4) is 0 Å². The summed E-state index contributed by atoms with van der Waals surface area (Å²) >= 11 is 13.9. The lowest BCUT2D eigenvalue weighted by molar-refractivity contribution is 0.843. The molecule has 0 saturated heterocycles. The number of rotatable bonds is 6. The zero-order valence-electron chi connectivity index (χ0n) is 8.72. The third kappa shape index (κ3) is 4.54. The molecule has 0 aliphatic heterocycles. The standard InChI is InChI=1S/C11H15Cl2NS/c1-15-8-3-2-7-14-11-9(12)5-4-6-10(11)13/h4-6,14H,2-3,7-8H2,1H3. The molecule has 4 heteroatoms. The van der Waals surface area contributed by atoms with Crippen LogP contribution in [0.4, 0.5) is 5.69 Å². The fourth-order valence-corrected chi connectivity index (χ4v) is 2.28. The van der Waals surface area contributed by atoms with Crippen molar-refractivity contribution in [2.45, 2.75) is 12.8 Å². The van der Waals surface area contributed by atoms with Gasteiger partial charge in [-0.2, -0.15) is 11.8 Å². The highest BCUT2D eigenvalue weighted by Gasteiger charge is 2.03. The van der Waals surface area contributed by atoms with Gasteiger partial charge in [0, 0.05) is 6.54 Å². The van der Waals surface area contributed by atoms with E-state index in [2.05, 4.69) is 11.6 Å². The van der Waals surface area contributed by atoms with Crippen LogP contribution in [-0.2, 0) is 0 Å². The maximum Gasteiger partial charge on any atom is 0.0718 e. The fourth-order valence-electron chi connectivity index (χ4n) is 1.25. The van der Waals surface area contributed by atoms with E-state index in [9.17, 15) is 0 Å². The van der Waals surface area contributed by atoms with E-state index in [-0.39, 0.29) is 0 Å². The molecule has 0 heterocycles. The molecular formula is C11H15Cl2NS. The zero-order valence-corrected chi connectivity index (χ0v) is 11.1. The third-order valence-electron chi connectivity index (χ3n) is 2.04. The Kier molecular flexibility index (Phi) is 6.30. The van der Waals surface area contributed by atoms with Gasteiger partial charge in [0.2, 0.25) is 0 Å². The summed E-state index contributed by atoms with van der Waals surface area (Å²) in [5.41, 5.74) is 0.852. The number of thioether (sulfide) groups is 1. The lowest BCUT2D eigenvalue weighted by Crippen LogP contribution is -2.02. The predicted octanol–water partition coefficient (Wildman–Crippen LogP) is 4.55.